The minimum atomic E-state index is -0.518. The minimum Gasteiger partial charge on any atom is -0.497 e. The zero-order chi connectivity index (χ0) is 15.5. The Bertz CT molecular complexity index is 688. The summed E-state index contributed by atoms with van der Waals surface area (Å²) in [6, 6.07) is 9.78. The van der Waals surface area contributed by atoms with Gasteiger partial charge >= 0.3 is 5.97 Å². The van der Waals surface area contributed by atoms with E-state index in [2.05, 4.69) is 0 Å². The van der Waals surface area contributed by atoms with Crippen molar-refractivity contribution < 1.29 is 28.5 Å². The van der Waals surface area contributed by atoms with Gasteiger partial charge in [0.05, 0.1) is 19.8 Å². The first-order valence-electron chi connectivity index (χ1n) is 6.54. The minimum absolute atomic E-state index is 0.166. The third-order valence-electron chi connectivity index (χ3n) is 3.14. The largest absolute Gasteiger partial charge is 0.497 e. The van der Waals surface area contributed by atoms with Crippen LogP contribution in [0.25, 0.3) is 0 Å². The van der Waals surface area contributed by atoms with Gasteiger partial charge in [-0.15, -0.1) is 0 Å². The topological polar surface area (TPSA) is 63.2 Å². The van der Waals surface area contributed by atoms with E-state index in [9.17, 15) is 4.79 Å². The number of hydrogen-bond acceptors (Lipinski definition) is 6. The molecule has 1 heterocycles. The number of esters is 1. The van der Waals surface area contributed by atoms with Crippen LogP contribution in [0.2, 0.25) is 0 Å². The van der Waals surface area contributed by atoms with Gasteiger partial charge in [-0.25, -0.2) is 4.79 Å². The van der Waals surface area contributed by atoms with E-state index < -0.39 is 5.97 Å². The van der Waals surface area contributed by atoms with E-state index in [1.54, 1.807) is 36.4 Å². The molecule has 22 heavy (non-hydrogen) atoms. The molecule has 6 heteroatoms. The summed E-state index contributed by atoms with van der Waals surface area (Å²) in [5, 5.41) is 0. The molecule has 0 fully saturated rings. The molecule has 2 aromatic carbocycles. The van der Waals surface area contributed by atoms with Crippen molar-refractivity contribution in [3.8, 4) is 28.7 Å². The van der Waals surface area contributed by atoms with E-state index in [0.717, 1.165) is 0 Å². The number of benzene rings is 2. The summed E-state index contributed by atoms with van der Waals surface area (Å²) in [6.45, 7) is 0.166. The van der Waals surface area contributed by atoms with Crippen LogP contribution in [0, 0.1) is 0 Å². The smallest absolute Gasteiger partial charge is 0.343 e. The number of ether oxygens (including phenoxy) is 5. The summed E-state index contributed by atoms with van der Waals surface area (Å²) in [6.07, 6.45) is 0. The summed E-state index contributed by atoms with van der Waals surface area (Å²) in [4.78, 5) is 12.2. The molecule has 0 N–H and O–H groups in total. The maximum Gasteiger partial charge on any atom is 0.343 e. The Morgan fingerprint density at radius 1 is 0.909 bits per heavy atom. The molecule has 3 rings (SSSR count). The number of rotatable bonds is 4. The third-order valence-corrected chi connectivity index (χ3v) is 3.14. The number of carbonyl (C=O) groups is 1. The lowest BCUT2D eigenvalue weighted by molar-refractivity contribution is 0.0733. The zero-order valence-corrected chi connectivity index (χ0v) is 12.1. The molecule has 0 bridgehead atoms. The Labute approximate surface area is 127 Å². The SMILES string of the molecule is COc1cc(OC)cc(C(=O)Oc2ccc3c(c2)OCO3)c1. The molecule has 1 aliphatic rings. The van der Waals surface area contributed by atoms with E-state index in [1.165, 1.54) is 14.2 Å². The number of fused-ring (bicyclic) bond motifs is 1. The Morgan fingerprint density at radius 2 is 1.59 bits per heavy atom. The van der Waals surface area contributed by atoms with Crippen LogP contribution in [-0.2, 0) is 0 Å². The van der Waals surface area contributed by atoms with Gasteiger partial charge in [-0.05, 0) is 24.3 Å². The number of carbonyl (C=O) groups excluding carboxylic acids is 1. The summed E-state index contributed by atoms with van der Waals surface area (Å²) >= 11 is 0. The highest BCUT2D eigenvalue weighted by atomic mass is 16.7. The van der Waals surface area contributed by atoms with Gasteiger partial charge in [0.25, 0.3) is 0 Å². The first kappa shape index (κ1) is 14.1. The van der Waals surface area contributed by atoms with Crippen molar-refractivity contribution in [3.05, 3.63) is 42.0 Å². The standard InChI is InChI=1S/C16H14O6/c1-18-12-5-10(6-13(7-12)19-2)16(17)22-11-3-4-14-15(8-11)21-9-20-14/h3-8H,9H2,1-2H3. The average Bonchev–Trinajstić information content (AvgIpc) is 3.01. The van der Waals surface area contributed by atoms with Crippen molar-refractivity contribution in [2.45, 2.75) is 0 Å². The van der Waals surface area contributed by atoms with Gasteiger partial charge in [0.2, 0.25) is 6.79 Å². The molecule has 0 aromatic heterocycles. The fourth-order valence-electron chi connectivity index (χ4n) is 2.03. The fourth-order valence-corrected chi connectivity index (χ4v) is 2.03. The van der Waals surface area contributed by atoms with E-state index in [0.29, 0.717) is 34.3 Å². The van der Waals surface area contributed by atoms with E-state index in [-0.39, 0.29) is 6.79 Å². The van der Waals surface area contributed by atoms with Gasteiger partial charge in [-0.2, -0.15) is 0 Å². The van der Waals surface area contributed by atoms with E-state index >= 15 is 0 Å². The van der Waals surface area contributed by atoms with Crippen LogP contribution in [0.4, 0.5) is 0 Å². The van der Waals surface area contributed by atoms with Crippen LogP contribution < -0.4 is 23.7 Å². The van der Waals surface area contributed by atoms with Gasteiger partial charge in [-0.3, -0.25) is 0 Å². The summed E-state index contributed by atoms with van der Waals surface area (Å²) in [5.41, 5.74) is 0.328. The quantitative estimate of drug-likeness (QED) is 0.639. The van der Waals surface area contributed by atoms with Crippen molar-refractivity contribution in [2.75, 3.05) is 21.0 Å². The van der Waals surface area contributed by atoms with Crippen molar-refractivity contribution in [1.29, 1.82) is 0 Å². The molecule has 114 valence electrons. The van der Waals surface area contributed by atoms with Crippen LogP contribution in [0.1, 0.15) is 10.4 Å². The van der Waals surface area contributed by atoms with Gasteiger partial charge in [0, 0.05) is 12.1 Å². The molecule has 6 nitrogen and oxygen atoms in total. The number of hydrogen-bond donors (Lipinski definition) is 0. The maximum atomic E-state index is 12.2. The average molecular weight is 302 g/mol. The van der Waals surface area contributed by atoms with Gasteiger partial charge in [0.15, 0.2) is 11.5 Å². The highest BCUT2D eigenvalue weighted by molar-refractivity contribution is 5.92. The highest BCUT2D eigenvalue weighted by Gasteiger charge is 2.17. The Morgan fingerprint density at radius 3 is 2.27 bits per heavy atom. The van der Waals surface area contributed by atoms with Crippen LogP contribution in [-0.4, -0.2) is 27.0 Å². The third kappa shape index (κ3) is 2.76. The Kier molecular flexibility index (Phi) is 3.74. The second kappa shape index (κ2) is 5.85. The predicted molar refractivity (Wildman–Crippen MR) is 77.1 cm³/mol. The van der Waals surface area contributed by atoms with Crippen LogP contribution >= 0.6 is 0 Å². The van der Waals surface area contributed by atoms with Gasteiger partial charge in [-0.1, -0.05) is 0 Å². The van der Waals surface area contributed by atoms with Gasteiger partial charge in [0.1, 0.15) is 17.2 Å². The van der Waals surface area contributed by atoms with E-state index in [4.69, 9.17) is 23.7 Å². The number of methoxy groups -OCH3 is 2. The lowest BCUT2D eigenvalue weighted by atomic mass is 10.2. The molecular weight excluding hydrogens is 288 g/mol. The molecule has 0 unspecified atom stereocenters. The molecule has 0 spiro atoms. The lowest BCUT2D eigenvalue weighted by Crippen LogP contribution is -2.09. The van der Waals surface area contributed by atoms with Crippen molar-refractivity contribution in [2.24, 2.45) is 0 Å². The summed E-state index contributed by atoms with van der Waals surface area (Å²) in [5.74, 6) is 2.05. The molecule has 1 aliphatic heterocycles. The highest BCUT2D eigenvalue weighted by Crippen LogP contribution is 2.35. The lowest BCUT2D eigenvalue weighted by Gasteiger charge is -2.09. The summed E-state index contributed by atoms with van der Waals surface area (Å²) < 4.78 is 26.1. The molecule has 0 radical (unpaired) electrons. The molecule has 2 aromatic rings. The fraction of sp³-hybridized carbons (Fsp3) is 0.188. The van der Waals surface area contributed by atoms with Crippen molar-refractivity contribution >= 4 is 5.97 Å². The van der Waals surface area contributed by atoms with Crippen molar-refractivity contribution in [3.63, 3.8) is 0 Å². The molecule has 0 saturated heterocycles. The Hall–Kier alpha value is -2.89. The molecule has 0 saturated carbocycles. The van der Waals surface area contributed by atoms with Crippen LogP contribution in [0.15, 0.2) is 36.4 Å². The second-order valence-electron chi connectivity index (χ2n) is 4.51. The van der Waals surface area contributed by atoms with E-state index in [1.807, 2.05) is 0 Å². The second-order valence-corrected chi connectivity index (χ2v) is 4.51. The van der Waals surface area contributed by atoms with Gasteiger partial charge < -0.3 is 23.7 Å². The normalized spacial score (nSPS) is 11.9. The molecule has 0 aliphatic carbocycles. The first-order valence-corrected chi connectivity index (χ1v) is 6.54. The first-order chi connectivity index (χ1) is 10.7. The zero-order valence-electron chi connectivity index (χ0n) is 12.1. The summed E-state index contributed by atoms with van der Waals surface area (Å²) in [7, 11) is 3.03. The van der Waals surface area contributed by atoms with Crippen molar-refractivity contribution in [1.82, 2.24) is 0 Å². The predicted octanol–water partition coefficient (Wildman–Crippen LogP) is 2.65. The Balaban J connectivity index is 1.82. The monoisotopic (exact) mass is 302 g/mol. The van der Waals surface area contributed by atoms with Crippen LogP contribution in [0.3, 0.4) is 0 Å². The molecule has 0 atom stereocenters. The van der Waals surface area contributed by atoms with Crippen LogP contribution in [0.5, 0.6) is 28.7 Å². The molecule has 0 amide bonds. The molecular formula is C16H14O6. The maximum absolute atomic E-state index is 12.2.